The molecule has 0 spiro atoms. The number of aryl methyl sites for hydroxylation is 1. The van der Waals surface area contributed by atoms with Crippen molar-refractivity contribution in [3.8, 4) is 5.75 Å². The first-order valence-electron chi connectivity index (χ1n) is 9.03. The van der Waals surface area contributed by atoms with Crippen molar-refractivity contribution < 1.29 is 5.11 Å². The second-order valence-corrected chi connectivity index (χ2v) is 6.61. The van der Waals surface area contributed by atoms with Crippen LogP contribution in [0.25, 0.3) is 0 Å². The number of fused-ring (bicyclic) bond motifs is 1. The van der Waals surface area contributed by atoms with E-state index in [1.54, 1.807) is 7.05 Å². The van der Waals surface area contributed by atoms with Gasteiger partial charge in [-0.15, -0.1) is 24.0 Å². The first-order chi connectivity index (χ1) is 12.2. The molecule has 0 fully saturated rings. The summed E-state index contributed by atoms with van der Waals surface area (Å²) in [6.07, 6.45) is 4.59. The minimum Gasteiger partial charge on any atom is -0.508 e. The smallest absolute Gasteiger partial charge is 0.191 e. The molecule has 1 atom stereocenters. The van der Waals surface area contributed by atoms with Crippen LogP contribution in [0, 0.1) is 0 Å². The molecule has 1 aliphatic rings. The van der Waals surface area contributed by atoms with Crippen molar-refractivity contribution >= 4 is 29.9 Å². The zero-order chi connectivity index (χ0) is 17.6. The second-order valence-electron chi connectivity index (χ2n) is 6.61. The van der Waals surface area contributed by atoms with E-state index in [0.29, 0.717) is 12.3 Å². The van der Waals surface area contributed by atoms with Crippen LogP contribution >= 0.6 is 24.0 Å². The van der Waals surface area contributed by atoms with E-state index in [9.17, 15) is 5.11 Å². The molecule has 0 aromatic heterocycles. The molecule has 3 N–H and O–H groups in total. The molecule has 1 aliphatic carbocycles. The lowest BCUT2D eigenvalue weighted by Crippen LogP contribution is -2.38. The topological polar surface area (TPSA) is 56.7 Å². The first kappa shape index (κ1) is 20.6. The fourth-order valence-corrected chi connectivity index (χ4v) is 3.49. The highest BCUT2D eigenvalue weighted by Crippen LogP contribution is 2.30. The first-order valence-corrected chi connectivity index (χ1v) is 9.03. The molecule has 4 nitrogen and oxygen atoms in total. The van der Waals surface area contributed by atoms with E-state index in [0.717, 1.165) is 24.4 Å². The lowest BCUT2D eigenvalue weighted by atomic mass is 9.88. The number of halogens is 1. The van der Waals surface area contributed by atoms with Gasteiger partial charge in [0.25, 0.3) is 0 Å². The summed E-state index contributed by atoms with van der Waals surface area (Å²) >= 11 is 0. The van der Waals surface area contributed by atoms with Gasteiger partial charge >= 0.3 is 0 Å². The summed E-state index contributed by atoms with van der Waals surface area (Å²) in [6, 6.07) is 14.3. The van der Waals surface area contributed by atoms with Gasteiger partial charge in [-0.05, 0) is 55.4 Å². The average molecular weight is 465 g/mol. The van der Waals surface area contributed by atoms with Gasteiger partial charge in [-0.2, -0.15) is 0 Å². The third kappa shape index (κ3) is 4.90. The Bertz CT molecular complexity index is 746. The van der Waals surface area contributed by atoms with Crippen LogP contribution in [-0.4, -0.2) is 18.1 Å². The molecule has 0 bridgehead atoms. The van der Waals surface area contributed by atoms with Crippen molar-refractivity contribution in [1.82, 2.24) is 10.6 Å². The van der Waals surface area contributed by atoms with Crippen molar-refractivity contribution in [2.24, 2.45) is 4.99 Å². The van der Waals surface area contributed by atoms with E-state index >= 15 is 0 Å². The van der Waals surface area contributed by atoms with Crippen molar-refractivity contribution in [2.45, 2.75) is 45.2 Å². The summed E-state index contributed by atoms with van der Waals surface area (Å²) in [7, 11) is 1.77. The van der Waals surface area contributed by atoms with E-state index in [1.165, 1.54) is 29.5 Å². The molecule has 2 aromatic carbocycles. The minimum atomic E-state index is 0. The largest absolute Gasteiger partial charge is 0.508 e. The molecule has 5 heteroatoms. The number of phenols is 1. The van der Waals surface area contributed by atoms with Crippen LogP contribution in [0.4, 0.5) is 0 Å². The van der Waals surface area contributed by atoms with Crippen LogP contribution in [0.15, 0.2) is 47.5 Å². The van der Waals surface area contributed by atoms with Crippen LogP contribution in [0.3, 0.4) is 0 Å². The standard InChI is InChI=1S/C21H27N3O.HI/c1-15(16-8-4-3-5-9-16)24-21(22-2)23-14-19-18-11-7-6-10-17(18)12-13-20(19)25;/h3-5,8-9,12-13,15,25H,6-7,10-11,14H2,1-2H3,(H2,22,23,24);1H. The molecule has 0 saturated heterocycles. The number of benzene rings is 2. The van der Waals surface area contributed by atoms with Crippen LogP contribution in [0.1, 0.15) is 48.1 Å². The molecular formula is C21H28IN3O. The maximum atomic E-state index is 10.3. The van der Waals surface area contributed by atoms with Crippen LogP contribution in [-0.2, 0) is 19.4 Å². The van der Waals surface area contributed by atoms with E-state index in [2.05, 4.69) is 40.7 Å². The fraction of sp³-hybridized carbons (Fsp3) is 0.381. The Balaban J connectivity index is 0.00000243. The lowest BCUT2D eigenvalue weighted by molar-refractivity contribution is 0.464. The van der Waals surface area contributed by atoms with Gasteiger partial charge in [-0.25, -0.2) is 0 Å². The molecule has 0 saturated carbocycles. The van der Waals surface area contributed by atoms with Gasteiger partial charge in [0.05, 0.1) is 6.04 Å². The number of hydrogen-bond donors (Lipinski definition) is 3. The number of aromatic hydroxyl groups is 1. The number of aliphatic imine (C=N–C) groups is 1. The van der Waals surface area contributed by atoms with Crippen LogP contribution < -0.4 is 10.6 Å². The SMILES string of the molecule is CN=C(NCc1c(O)ccc2c1CCCC2)NC(C)c1ccccc1.I. The van der Waals surface area contributed by atoms with Gasteiger partial charge in [0.15, 0.2) is 5.96 Å². The monoisotopic (exact) mass is 465 g/mol. The Morgan fingerprint density at radius 3 is 2.58 bits per heavy atom. The highest BCUT2D eigenvalue weighted by atomic mass is 127. The van der Waals surface area contributed by atoms with Gasteiger partial charge in [0.2, 0.25) is 0 Å². The summed E-state index contributed by atoms with van der Waals surface area (Å²) in [5, 5.41) is 17.1. The third-order valence-electron chi connectivity index (χ3n) is 4.94. The number of phenolic OH excluding ortho intramolecular Hbond substituents is 1. The zero-order valence-corrected chi connectivity index (χ0v) is 17.8. The summed E-state index contributed by atoms with van der Waals surface area (Å²) in [5.74, 6) is 1.11. The van der Waals surface area contributed by atoms with Crippen LogP contribution in [0.5, 0.6) is 5.75 Å². The molecule has 26 heavy (non-hydrogen) atoms. The predicted octanol–water partition coefficient (Wildman–Crippen LogP) is 4.32. The molecular weight excluding hydrogens is 437 g/mol. The number of guanidine groups is 1. The number of nitrogens with zero attached hydrogens (tertiary/aromatic N) is 1. The van der Waals surface area contributed by atoms with Crippen molar-refractivity contribution in [3.05, 3.63) is 64.7 Å². The van der Waals surface area contributed by atoms with Gasteiger partial charge in [-0.3, -0.25) is 4.99 Å². The third-order valence-corrected chi connectivity index (χ3v) is 4.94. The number of rotatable bonds is 4. The Labute approximate surface area is 173 Å². The predicted molar refractivity (Wildman–Crippen MR) is 118 cm³/mol. The minimum absolute atomic E-state index is 0. The summed E-state index contributed by atoms with van der Waals surface area (Å²) in [4.78, 5) is 4.32. The number of hydrogen-bond acceptors (Lipinski definition) is 2. The normalized spacial score (nSPS) is 14.8. The molecule has 3 rings (SSSR count). The Hall–Kier alpha value is -1.76. The van der Waals surface area contributed by atoms with Crippen LogP contribution in [0.2, 0.25) is 0 Å². The van der Waals surface area contributed by atoms with Gasteiger partial charge in [0.1, 0.15) is 5.75 Å². The molecule has 0 amide bonds. The molecule has 1 unspecified atom stereocenters. The van der Waals surface area contributed by atoms with E-state index in [1.807, 2.05) is 24.3 Å². The number of nitrogens with one attached hydrogen (secondary N) is 2. The van der Waals surface area contributed by atoms with Crippen molar-refractivity contribution in [2.75, 3.05) is 7.05 Å². The summed E-state index contributed by atoms with van der Waals surface area (Å²) in [6.45, 7) is 2.69. The zero-order valence-electron chi connectivity index (χ0n) is 15.5. The summed E-state index contributed by atoms with van der Waals surface area (Å²) in [5.41, 5.74) is 4.91. The molecule has 0 aliphatic heterocycles. The highest BCUT2D eigenvalue weighted by molar-refractivity contribution is 14.0. The Kier molecular flexibility index (Phi) is 7.75. The molecule has 140 valence electrons. The maximum Gasteiger partial charge on any atom is 0.191 e. The fourth-order valence-electron chi connectivity index (χ4n) is 3.49. The van der Waals surface area contributed by atoms with Gasteiger partial charge in [-0.1, -0.05) is 36.4 Å². The Morgan fingerprint density at radius 1 is 1.12 bits per heavy atom. The van der Waals surface area contributed by atoms with E-state index in [-0.39, 0.29) is 30.0 Å². The summed E-state index contributed by atoms with van der Waals surface area (Å²) < 4.78 is 0. The molecule has 0 heterocycles. The Morgan fingerprint density at radius 2 is 1.85 bits per heavy atom. The van der Waals surface area contributed by atoms with E-state index in [4.69, 9.17) is 0 Å². The highest BCUT2D eigenvalue weighted by Gasteiger charge is 2.17. The molecule has 2 aromatic rings. The quantitative estimate of drug-likeness (QED) is 0.358. The van der Waals surface area contributed by atoms with Crippen molar-refractivity contribution in [1.29, 1.82) is 0 Å². The second kappa shape index (κ2) is 9.80. The van der Waals surface area contributed by atoms with Crippen molar-refractivity contribution in [3.63, 3.8) is 0 Å². The lowest BCUT2D eigenvalue weighted by Gasteiger charge is -2.22. The molecule has 0 radical (unpaired) electrons. The maximum absolute atomic E-state index is 10.3. The van der Waals surface area contributed by atoms with Gasteiger partial charge in [0, 0.05) is 19.2 Å². The van der Waals surface area contributed by atoms with Gasteiger partial charge < -0.3 is 15.7 Å². The average Bonchev–Trinajstić information content (AvgIpc) is 2.66. The van der Waals surface area contributed by atoms with E-state index < -0.39 is 0 Å².